The SMILES string of the molecule is C[C@H](NP(=O)(/C=C(\Cl)c1ccccc1)/C=C(/Cl)c1ccccc1)[C@H]1C[C@@H]2CC[C@@H]1C2. The Morgan fingerprint density at radius 3 is 1.90 bits per heavy atom. The maximum Gasteiger partial charge on any atom is 0.193 e. The molecule has 0 aromatic heterocycles. The maximum absolute atomic E-state index is 14.1. The monoisotopic (exact) mass is 459 g/mol. The second kappa shape index (κ2) is 9.45. The molecule has 1 unspecified atom stereocenters. The number of benzene rings is 2. The number of rotatable bonds is 7. The molecule has 0 amide bonds. The molecule has 30 heavy (non-hydrogen) atoms. The van der Waals surface area contributed by atoms with Crippen molar-refractivity contribution in [1.29, 1.82) is 0 Å². The van der Waals surface area contributed by atoms with Gasteiger partial charge in [0.15, 0.2) is 7.29 Å². The predicted molar refractivity (Wildman–Crippen MR) is 130 cm³/mol. The molecule has 4 rings (SSSR count). The summed E-state index contributed by atoms with van der Waals surface area (Å²) in [7, 11) is -3.13. The molecule has 2 saturated carbocycles. The molecule has 2 aliphatic carbocycles. The van der Waals surface area contributed by atoms with E-state index in [1.807, 2.05) is 60.7 Å². The van der Waals surface area contributed by atoms with Crippen molar-refractivity contribution in [1.82, 2.24) is 5.09 Å². The Morgan fingerprint density at radius 1 is 0.933 bits per heavy atom. The summed E-state index contributed by atoms with van der Waals surface area (Å²) in [6.07, 6.45) is 5.20. The number of hydrogen-bond donors (Lipinski definition) is 1. The summed E-state index contributed by atoms with van der Waals surface area (Å²) in [6, 6.07) is 19.4. The quantitative estimate of drug-likeness (QED) is 0.423. The summed E-state index contributed by atoms with van der Waals surface area (Å²) >= 11 is 13.2. The molecular weight excluding hydrogens is 432 g/mol. The Morgan fingerprint density at radius 2 is 1.47 bits per heavy atom. The first-order valence-corrected chi connectivity index (χ1v) is 13.3. The fraction of sp³-hybridized carbons (Fsp3) is 0.360. The maximum atomic E-state index is 14.1. The van der Waals surface area contributed by atoms with Crippen molar-refractivity contribution in [2.24, 2.45) is 17.8 Å². The average molecular weight is 460 g/mol. The predicted octanol–water partition coefficient (Wildman–Crippen LogP) is 8.15. The van der Waals surface area contributed by atoms with E-state index in [-0.39, 0.29) is 6.04 Å². The van der Waals surface area contributed by atoms with E-state index in [9.17, 15) is 4.57 Å². The van der Waals surface area contributed by atoms with Crippen molar-refractivity contribution in [3.63, 3.8) is 0 Å². The van der Waals surface area contributed by atoms with E-state index < -0.39 is 7.29 Å². The van der Waals surface area contributed by atoms with E-state index in [0.29, 0.717) is 16.0 Å². The molecule has 2 aliphatic rings. The van der Waals surface area contributed by atoms with Gasteiger partial charge in [-0.1, -0.05) is 90.3 Å². The zero-order chi connectivity index (χ0) is 21.1. The fourth-order valence-corrected chi connectivity index (χ4v) is 8.26. The van der Waals surface area contributed by atoms with Crippen LogP contribution in [-0.4, -0.2) is 6.04 Å². The van der Waals surface area contributed by atoms with Gasteiger partial charge in [-0.25, -0.2) is 0 Å². The molecule has 5 atom stereocenters. The van der Waals surface area contributed by atoms with Gasteiger partial charge < -0.3 is 0 Å². The summed E-state index contributed by atoms with van der Waals surface area (Å²) in [6.45, 7) is 2.16. The standard InChI is InChI=1S/C25H28Cl2NOP/c1-18(23-15-19-12-13-22(23)14-19)28-30(29,16-24(26)20-8-4-2-5-9-20)17-25(27)21-10-6-3-7-11-21/h2-11,16-19,22-23H,12-15H2,1H3,(H,28,29)/b24-16-,25-17+/t18-,19+,22+,23+,30?/m0/s1. The van der Waals surface area contributed by atoms with Gasteiger partial charge in [0.1, 0.15) is 0 Å². The van der Waals surface area contributed by atoms with E-state index in [1.54, 1.807) is 11.6 Å². The minimum absolute atomic E-state index is 0.138. The Kier molecular flexibility index (Phi) is 6.90. The van der Waals surface area contributed by atoms with Crippen LogP contribution in [0.25, 0.3) is 10.1 Å². The zero-order valence-corrected chi connectivity index (χ0v) is 19.6. The van der Waals surface area contributed by atoms with E-state index in [0.717, 1.165) is 23.0 Å². The van der Waals surface area contributed by atoms with Crippen molar-refractivity contribution in [3.8, 4) is 0 Å². The van der Waals surface area contributed by atoms with Crippen molar-refractivity contribution in [2.75, 3.05) is 0 Å². The Balaban J connectivity index is 1.64. The lowest BCUT2D eigenvalue weighted by Gasteiger charge is -2.30. The van der Waals surface area contributed by atoms with Crippen molar-refractivity contribution in [3.05, 3.63) is 83.4 Å². The number of hydrogen-bond acceptors (Lipinski definition) is 1. The molecule has 0 radical (unpaired) electrons. The number of fused-ring (bicyclic) bond motifs is 2. The third-order valence-corrected chi connectivity index (χ3v) is 9.60. The van der Waals surface area contributed by atoms with E-state index in [4.69, 9.17) is 23.2 Å². The second-order valence-electron chi connectivity index (χ2n) is 8.65. The highest BCUT2D eigenvalue weighted by Crippen LogP contribution is 2.54. The molecule has 2 aromatic carbocycles. The number of halogens is 2. The molecule has 2 aromatic rings. The molecule has 0 saturated heterocycles. The molecule has 0 aliphatic heterocycles. The van der Waals surface area contributed by atoms with Crippen LogP contribution in [0.2, 0.25) is 0 Å². The molecule has 0 spiro atoms. The van der Waals surface area contributed by atoms with Gasteiger partial charge in [-0.15, -0.1) is 0 Å². The third kappa shape index (κ3) is 5.11. The van der Waals surface area contributed by atoms with Gasteiger partial charge >= 0.3 is 0 Å². The van der Waals surface area contributed by atoms with E-state index in [1.165, 1.54) is 25.7 Å². The highest BCUT2D eigenvalue weighted by atomic mass is 35.5. The molecule has 2 fully saturated rings. The molecular formula is C25H28Cl2NOP. The van der Waals surface area contributed by atoms with Crippen LogP contribution in [-0.2, 0) is 4.57 Å². The van der Waals surface area contributed by atoms with E-state index in [2.05, 4.69) is 12.0 Å². The van der Waals surface area contributed by atoms with Gasteiger partial charge in [-0.2, -0.15) is 0 Å². The van der Waals surface area contributed by atoms with Crippen LogP contribution in [0.1, 0.15) is 43.7 Å². The zero-order valence-electron chi connectivity index (χ0n) is 17.2. The third-order valence-electron chi connectivity index (χ3n) is 6.55. The topological polar surface area (TPSA) is 29.1 Å². The number of nitrogens with one attached hydrogen (secondary N) is 1. The van der Waals surface area contributed by atoms with Gasteiger partial charge in [0.25, 0.3) is 0 Å². The average Bonchev–Trinajstić information content (AvgIpc) is 3.38. The minimum atomic E-state index is -3.13. The van der Waals surface area contributed by atoms with Gasteiger partial charge in [0, 0.05) is 17.7 Å². The summed E-state index contributed by atoms with van der Waals surface area (Å²) < 4.78 is 14.1. The highest BCUT2D eigenvalue weighted by molar-refractivity contribution is 7.68. The first kappa shape index (κ1) is 21.9. The first-order valence-electron chi connectivity index (χ1n) is 10.7. The first-order chi connectivity index (χ1) is 14.4. The Bertz CT molecular complexity index is 914. The van der Waals surface area contributed by atoms with Crippen LogP contribution in [0, 0.1) is 17.8 Å². The van der Waals surface area contributed by atoms with Gasteiger partial charge in [-0.3, -0.25) is 9.65 Å². The molecule has 158 valence electrons. The molecule has 2 nitrogen and oxygen atoms in total. The van der Waals surface area contributed by atoms with Crippen LogP contribution >= 0.6 is 30.5 Å². The van der Waals surface area contributed by atoms with Gasteiger partial charge in [0.2, 0.25) is 0 Å². The van der Waals surface area contributed by atoms with Crippen molar-refractivity contribution < 1.29 is 4.57 Å². The lowest BCUT2D eigenvalue weighted by Crippen LogP contribution is -2.33. The van der Waals surface area contributed by atoms with Crippen molar-refractivity contribution >= 4 is 40.6 Å². The smallest absolute Gasteiger partial charge is 0.193 e. The van der Waals surface area contributed by atoms with E-state index >= 15 is 0 Å². The summed E-state index contributed by atoms with van der Waals surface area (Å²) in [5.41, 5.74) is 1.69. The lowest BCUT2D eigenvalue weighted by atomic mass is 9.84. The second-order valence-corrected chi connectivity index (χ2v) is 11.7. The Labute approximate surface area is 189 Å². The minimum Gasteiger partial charge on any atom is -0.298 e. The molecule has 2 bridgehead atoms. The van der Waals surface area contributed by atoms with Crippen LogP contribution in [0.3, 0.4) is 0 Å². The molecule has 1 N–H and O–H groups in total. The van der Waals surface area contributed by atoms with Crippen LogP contribution in [0.5, 0.6) is 0 Å². The highest BCUT2D eigenvalue weighted by Gasteiger charge is 2.42. The van der Waals surface area contributed by atoms with Crippen LogP contribution < -0.4 is 5.09 Å². The van der Waals surface area contributed by atoms with Gasteiger partial charge in [-0.05, 0) is 55.1 Å². The Hall–Kier alpha value is -1.31. The normalized spacial score (nSPS) is 27.1. The van der Waals surface area contributed by atoms with Crippen molar-refractivity contribution in [2.45, 2.75) is 38.6 Å². The summed E-state index contributed by atoms with van der Waals surface area (Å²) in [4.78, 5) is 0. The summed E-state index contributed by atoms with van der Waals surface area (Å²) in [5.74, 6) is 5.48. The molecule has 0 heterocycles. The van der Waals surface area contributed by atoms with Crippen LogP contribution in [0.4, 0.5) is 0 Å². The molecule has 5 heteroatoms. The largest absolute Gasteiger partial charge is 0.298 e. The van der Waals surface area contributed by atoms with Crippen LogP contribution in [0.15, 0.2) is 72.3 Å². The summed E-state index contributed by atoms with van der Waals surface area (Å²) in [5, 5.41) is 4.40. The fourth-order valence-electron chi connectivity index (χ4n) is 5.11. The van der Waals surface area contributed by atoms with Gasteiger partial charge in [0.05, 0.1) is 10.1 Å². The lowest BCUT2D eigenvalue weighted by molar-refractivity contribution is 0.280.